The highest BCUT2D eigenvalue weighted by molar-refractivity contribution is 7.52. The van der Waals surface area contributed by atoms with Crippen molar-refractivity contribution in [3.63, 3.8) is 0 Å². The van der Waals surface area contributed by atoms with Gasteiger partial charge in [-0.3, -0.25) is 13.9 Å². The number of benzene rings is 2. The maximum absolute atomic E-state index is 16.2. The number of aromatic nitrogens is 4. The van der Waals surface area contributed by atoms with E-state index >= 15 is 4.39 Å². The van der Waals surface area contributed by atoms with E-state index in [1.807, 2.05) is 18.2 Å². The molecule has 16 heteroatoms. The van der Waals surface area contributed by atoms with Gasteiger partial charge in [-0.2, -0.15) is 15.1 Å². The van der Waals surface area contributed by atoms with E-state index in [-0.39, 0.29) is 17.3 Å². The van der Waals surface area contributed by atoms with E-state index < -0.39 is 56.6 Å². The average Bonchev–Trinajstić information content (AvgIpc) is 3.48. The summed E-state index contributed by atoms with van der Waals surface area (Å²) in [4.78, 5) is 27.0. The molecule has 14 nitrogen and oxygen atoms in total. The van der Waals surface area contributed by atoms with Gasteiger partial charge in [0.15, 0.2) is 28.9 Å². The van der Waals surface area contributed by atoms with Crippen molar-refractivity contribution >= 4 is 47.4 Å². The van der Waals surface area contributed by atoms with Crippen LogP contribution in [0, 0.1) is 0 Å². The number of hydrogen-bond acceptors (Lipinski definition) is 12. The maximum atomic E-state index is 16.2. The molecule has 242 valence electrons. The Morgan fingerprint density at radius 1 is 1.22 bits per heavy atom. The molecule has 1 aliphatic heterocycles. The number of alkyl halides is 1. The van der Waals surface area contributed by atoms with Gasteiger partial charge in [-0.05, 0) is 39.1 Å². The van der Waals surface area contributed by atoms with Crippen molar-refractivity contribution in [2.75, 3.05) is 31.3 Å². The number of rotatable bonds is 11. The summed E-state index contributed by atoms with van der Waals surface area (Å²) in [6, 6.07) is 11.3. The standard InChI is InChI=1S/C29H37FN7O7P/c1-16(2)42-26(39)17(3)35-45(40,44-20-13-9-11-18-10-7-8-12-19(18)20)41-14-21-23(38)29(4,30)27(43-21)37-15-32-22-24(36(5)6)33-28(31)34-25(22)37/h7-13,15-17,21,23,27,38H,14H2,1-6H3,(H,35,40)(H2,31,33,34)/t17-,21+,23+,27+,29+,45+/m0/s1. The first-order valence-electron chi connectivity index (χ1n) is 14.3. The van der Waals surface area contributed by atoms with Gasteiger partial charge in [0.25, 0.3) is 0 Å². The second-order valence-corrected chi connectivity index (χ2v) is 13.1. The summed E-state index contributed by atoms with van der Waals surface area (Å²) < 4.78 is 54.7. The molecule has 2 aromatic heterocycles. The lowest BCUT2D eigenvalue weighted by Crippen LogP contribution is -2.41. The van der Waals surface area contributed by atoms with E-state index in [1.54, 1.807) is 57.1 Å². The number of hydrogen-bond donors (Lipinski definition) is 3. The number of carbonyl (C=O) groups is 1. The minimum absolute atomic E-state index is 0.0605. The predicted molar refractivity (Wildman–Crippen MR) is 165 cm³/mol. The van der Waals surface area contributed by atoms with Crippen LogP contribution in [-0.4, -0.2) is 81.3 Å². The highest BCUT2D eigenvalue weighted by Gasteiger charge is 2.56. The van der Waals surface area contributed by atoms with Gasteiger partial charge in [-0.25, -0.2) is 13.9 Å². The van der Waals surface area contributed by atoms with E-state index in [1.165, 1.54) is 24.7 Å². The first-order chi connectivity index (χ1) is 21.2. The number of halogens is 1. The third kappa shape index (κ3) is 6.58. The monoisotopic (exact) mass is 645 g/mol. The Kier molecular flexibility index (Phi) is 9.02. The Balaban J connectivity index is 1.42. The number of nitrogens with one attached hydrogen (secondary N) is 1. The van der Waals surface area contributed by atoms with Crippen LogP contribution in [0.3, 0.4) is 0 Å². The van der Waals surface area contributed by atoms with Gasteiger partial charge in [-0.15, -0.1) is 0 Å². The number of esters is 1. The lowest BCUT2D eigenvalue weighted by Gasteiger charge is -2.26. The average molecular weight is 646 g/mol. The number of aliphatic hydroxyl groups excluding tert-OH is 1. The molecule has 1 aliphatic rings. The molecule has 0 unspecified atom stereocenters. The lowest BCUT2D eigenvalue weighted by atomic mass is 9.98. The molecule has 0 bridgehead atoms. The Morgan fingerprint density at radius 2 is 1.93 bits per heavy atom. The SMILES string of the molecule is CC(C)OC(=O)[C@H](C)N[P@@](=O)(OC[C@H]1O[C@@H](n2cnc3c(N(C)C)nc(N)nc32)[C@](C)(F)[C@@H]1O)Oc1cccc2ccccc12. The zero-order valence-electron chi connectivity index (χ0n) is 25.7. The van der Waals surface area contributed by atoms with Crippen molar-refractivity contribution in [2.24, 2.45) is 0 Å². The minimum Gasteiger partial charge on any atom is -0.462 e. The highest BCUT2D eigenvalue weighted by atomic mass is 31.2. The van der Waals surface area contributed by atoms with E-state index in [9.17, 15) is 14.5 Å². The highest BCUT2D eigenvalue weighted by Crippen LogP contribution is 2.49. The molecule has 3 heterocycles. The van der Waals surface area contributed by atoms with E-state index in [0.29, 0.717) is 16.7 Å². The van der Waals surface area contributed by atoms with Gasteiger partial charge >= 0.3 is 13.7 Å². The van der Waals surface area contributed by atoms with Gasteiger partial charge in [0, 0.05) is 19.5 Å². The molecule has 0 radical (unpaired) electrons. The summed E-state index contributed by atoms with van der Waals surface area (Å²) in [6.07, 6.45) is -3.57. The van der Waals surface area contributed by atoms with Crippen LogP contribution in [0.1, 0.15) is 33.9 Å². The van der Waals surface area contributed by atoms with Gasteiger partial charge in [0.1, 0.15) is 24.0 Å². The van der Waals surface area contributed by atoms with Crippen LogP contribution >= 0.6 is 7.75 Å². The Bertz CT molecular complexity index is 1750. The molecule has 0 saturated carbocycles. The van der Waals surface area contributed by atoms with E-state index in [2.05, 4.69) is 20.0 Å². The number of ether oxygens (including phenoxy) is 2. The number of fused-ring (bicyclic) bond motifs is 2. The predicted octanol–water partition coefficient (Wildman–Crippen LogP) is 3.75. The number of carbonyl (C=O) groups excluding carboxylic acids is 1. The minimum atomic E-state index is -4.39. The molecule has 0 amide bonds. The molecule has 4 N–H and O–H groups in total. The van der Waals surface area contributed by atoms with E-state index in [0.717, 1.165) is 5.39 Å². The van der Waals surface area contributed by atoms with Crippen LogP contribution in [0.25, 0.3) is 21.9 Å². The summed E-state index contributed by atoms with van der Waals surface area (Å²) in [5, 5.41) is 15.1. The summed E-state index contributed by atoms with van der Waals surface area (Å²) in [7, 11) is -0.892. The van der Waals surface area contributed by atoms with Crippen molar-refractivity contribution in [3.8, 4) is 5.75 Å². The molecular formula is C29H37FN7O7P. The second-order valence-electron chi connectivity index (χ2n) is 11.4. The van der Waals surface area contributed by atoms with Crippen LogP contribution in [0.15, 0.2) is 48.8 Å². The Morgan fingerprint density at radius 3 is 2.64 bits per heavy atom. The van der Waals surface area contributed by atoms with Crippen LogP contribution in [0.2, 0.25) is 0 Å². The molecule has 4 aromatic rings. The molecule has 1 saturated heterocycles. The summed E-state index contributed by atoms with van der Waals surface area (Å²) in [5.41, 5.74) is 4.08. The molecule has 6 atom stereocenters. The number of nitrogens with zero attached hydrogens (tertiary/aromatic N) is 5. The van der Waals surface area contributed by atoms with Crippen LogP contribution in [0.4, 0.5) is 16.2 Å². The third-order valence-corrected chi connectivity index (χ3v) is 8.88. The summed E-state index contributed by atoms with van der Waals surface area (Å²) in [5.74, 6) is -0.116. The number of nitrogens with two attached hydrogens (primary N) is 1. The first-order valence-corrected chi connectivity index (χ1v) is 15.8. The largest absolute Gasteiger partial charge is 0.462 e. The van der Waals surface area contributed by atoms with Gasteiger partial charge in [0.2, 0.25) is 5.95 Å². The fraction of sp³-hybridized carbons (Fsp3) is 0.448. The maximum Gasteiger partial charge on any atom is 0.459 e. The Hall–Kier alpha value is -3.88. The zero-order valence-corrected chi connectivity index (χ0v) is 26.6. The topological polar surface area (TPSA) is 176 Å². The quantitative estimate of drug-likeness (QED) is 0.159. The first kappa shape index (κ1) is 32.5. The van der Waals surface area contributed by atoms with Gasteiger partial charge in [0.05, 0.1) is 19.0 Å². The second kappa shape index (κ2) is 12.5. The van der Waals surface area contributed by atoms with Crippen LogP contribution in [0.5, 0.6) is 5.75 Å². The normalized spacial score (nSPS) is 23.7. The van der Waals surface area contributed by atoms with Crippen LogP contribution < -0.4 is 20.2 Å². The van der Waals surface area contributed by atoms with Crippen molar-refractivity contribution in [1.29, 1.82) is 0 Å². The fourth-order valence-corrected chi connectivity index (χ4v) is 6.56. The van der Waals surface area contributed by atoms with E-state index in [4.69, 9.17) is 24.3 Å². The summed E-state index contributed by atoms with van der Waals surface area (Å²) >= 11 is 0. The lowest BCUT2D eigenvalue weighted by molar-refractivity contribution is -0.149. The third-order valence-electron chi connectivity index (χ3n) is 7.25. The molecular weight excluding hydrogens is 608 g/mol. The molecule has 45 heavy (non-hydrogen) atoms. The van der Waals surface area contributed by atoms with Crippen molar-refractivity contribution in [3.05, 3.63) is 48.8 Å². The zero-order chi connectivity index (χ0) is 32.7. The van der Waals surface area contributed by atoms with Crippen molar-refractivity contribution in [1.82, 2.24) is 24.6 Å². The molecule has 0 aliphatic carbocycles. The number of nitrogen functional groups attached to an aromatic ring is 1. The van der Waals surface area contributed by atoms with Crippen LogP contribution in [-0.2, 0) is 23.4 Å². The fourth-order valence-electron chi connectivity index (χ4n) is 5.04. The number of imidazole rings is 1. The van der Waals surface area contributed by atoms with Gasteiger partial charge in [-0.1, -0.05) is 36.4 Å². The number of aliphatic hydroxyl groups is 1. The molecule has 2 aromatic carbocycles. The van der Waals surface area contributed by atoms with Crippen molar-refractivity contribution in [2.45, 2.75) is 63.9 Å². The molecule has 1 fully saturated rings. The van der Waals surface area contributed by atoms with Crippen molar-refractivity contribution < 1.29 is 37.4 Å². The molecule has 0 spiro atoms. The number of anilines is 2. The smallest absolute Gasteiger partial charge is 0.459 e. The Labute approximate surface area is 259 Å². The van der Waals surface area contributed by atoms with Gasteiger partial charge < -0.3 is 29.7 Å². The molecule has 5 rings (SSSR count). The summed E-state index contributed by atoms with van der Waals surface area (Å²) in [6.45, 7) is 5.40.